The van der Waals surface area contributed by atoms with Gasteiger partial charge in [0, 0.05) is 31.0 Å². The lowest BCUT2D eigenvalue weighted by Gasteiger charge is -2.22. The van der Waals surface area contributed by atoms with E-state index in [1.54, 1.807) is 49.6 Å². The van der Waals surface area contributed by atoms with Crippen molar-refractivity contribution in [1.29, 1.82) is 0 Å². The molecule has 3 rings (SSSR count). The third-order valence-electron chi connectivity index (χ3n) is 4.27. The summed E-state index contributed by atoms with van der Waals surface area (Å²) in [4.78, 5) is 15.4. The first-order valence-electron chi connectivity index (χ1n) is 9.57. The molecule has 1 N–H and O–H groups in total. The average molecular weight is 435 g/mol. The van der Waals surface area contributed by atoms with Gasteiger partial charge in [0.1, 0.15) is 16.7 Å². The van der Waals surface area contributed by atoms with E-state index in [1.807, 2.05) is 34.6 Å². The number of nitrogens with zero attached hydrogens (tertiary/aromatic N) is 2. The Morgan fingerprint density at radius 2 is 1.87 bits per heavy atom. The third-order valence-corrected chi connectivity index (χ3v) is 5.64. The summed E-state index contributed by atoms with van der Waals surface area (Å²) in [5.74, 6) is 5.30. The Bertz CT molecular complexity index is 1110. The minimum absolute atomic E-state index is 0.377. The van der Waals surface area contributed by atoms with Crippen molar-refractivity contribution in [3.63, 3.8) is 0 Å². The first kappa shape index (κ1) is 22.2. The van der Waals surface area contributed by atoms with E-state index in [0.717, 1.165) is 16.7 Å². The van der Waals surface area contributed by atoms with Gasteiger partial charge in [0.25, 0.3) is 0 Å². The standard InChI is InChI=1S/C24H22N2O4S/c1-2-5-19-9-11-20(12-10-19)16-26(31(29)23-8-4-13-25-15-23)17-21-6-3-7-22(14-21)30-18-24(27)28/h3-4,6-15H,16-18H2,1H3,(H,27,28). The van der Waals surface area contributed by atoms with E-state index < -0.39 is 23.6 Å². The van der Waals surface area contributed by atoms with Gasteiger partial charge in [0.2, 0.25) is 0 Å². The Hall–Kier alpha value is -3.47. The van der Waals surface area contributed by atoms with Gasteiger partial charge in [-0.25, -0.2) is 13.3 Å². The summed E-state index contributed by atoms with van der Waals surface area (Å²) in [6.45, 7) is 2.20. The van der Waals surface area contributed by atoms with Gasteiger partial charge in [-0.2, -0.15) is 0 Å². The molecule has 0 saturated heterocycles. The second-order valence-electron chi connectivity index (χ2n) is 6.64. The van der Waals surface area contributed by atoms with Gasteiger partial charge in [0.15, 0.2) is 6.61 Å². The van der Waals surface area contributed by atoms with Gasteiger partial charge < -0.3 is 9.84 Å². The molecule has 2 aromatic carbocycles. The van der Waals surface area contributed by atoms with Crippen LogP contribution in [0.5, 0.6) is 5.75 Å². The minimum atomic E-state index is -1.44. The van der Waals surface area contributed by atoms with E-state index >= 15 is 0 Å². The van der Waals surface area contributed by atoms with Crippen molar-refractivity contribution in [2.24, 2.45) is 0 Å². The molecule has 6 nitrogen and oxygen atoms in total. The predicted molar refractivity (Wildman–Crippen MR) is 118 cm³/mol. The molecule has 0 aliphatic carbocycles. The van der Waals surface area contributed by atoms with Gasteiger partial charge in [-0.15, -0.1) is 5.92 Å². The molecule has 7 heteroatoms. The Kier molecular flexibility index (Phi) is 7.93. The van der Waals surface area contributed by atoms with Crippen LogP contribution in [0.1, 0.15) is 23.6 Å². The molecule has 1 aromatic heterocycles. The lowest BCUT2D eigenvalue weighted by Crippen LogP contribution is -2.25. The number of benzene rings is 2. The second-order valence-corrected chi connectivity index (χ2v) is 8.12. The molecule has 1 heterocycles. The summed E-state index contributed by atoms with van der Waals surface area (Å²) >= 11 is 0. The Labute approximate surface area is 184 Å². The molecule has 0 aliphatic heterocycles. The van der Waals surface area contributed by atoms with Crippen LogP contribution in [0.25, 0.3) is 0 Å². The van der Waals surface area contributed by atoms with Crippen LogP contribution in [0.15, 0.2) is 78.0 Å². The van der Waals surface area contributed by atoms with Crippen LogP contribution in [0, 0.1) is 11.8 Å². The molecular weight excluding hydrogens is 412 g/mol. The predicted octanol–water partition coefficient (Wildman–Crippen LogP) is 3.64. The first-order valence-corrected chi connectivity index (χ1v) is 10.7. The normalized spacial score (nSPS) is 11.4. The van der Waals surface area contributed by atoms with E-state index in [9.17, 15) is 9.00 Å². The highest BCUT2D eigenvalue weighted by molar-refractivity contribution is 7.82. The lowest BCUT2D eigenvalue weighted by molar-refractivity contribution is -0.139. The molecular formula is C24H22N2O4S. The van der Waals surface area contributed by atoms with E-state index in [2.05, 4.69) is 16.8 Å². The molecule has 31 heavy (non-hydrogen) atoms. The molecule has 1 atom stereocenters. The van der Waals surface area contributed by atoms with Crippen LogP contribution >= 0.6 is 0 Å². The topological polar surface area (TPSA) is 79.7 Å². The first-order chi connectivity index (χ1) is 15.0. The fourth-order valence-electron chi connectivity index (χ4n) is 2.90. The Morgan fingerprint density at radius 3 is 2.55 bits per heavy atom. The number of aromatic nitrogens is 1. The minimum Gasteiger partial charge on any atom is -0.482 e. The number of hydrogen-bond acceptors (Lipinski definition) is 4. The number of carboxylic acids is 1. The number of carbonyl (C=O) groups is 1. The largest absolute Gasteiger partial charge is 0.482 e. The number of rotatable bonds is 9. The van der Waals surface area contributed by atoms with Crippen LogP contribution in [0.4, 0.5) is 0 Å². The van der Waals surface area contributed by atoms with Gasteiger partial charge in [-0.1, -0.05) is 30.2 Å². The summed E-state index contributed by atoms with van der Waals surface area (Å²) in [5.41, 5.74) is 2.78. The van der Waals surface area contributed by atoms with Crippen molar-refractivity contribution >= 4 is 17.0 Å². The highest BCUT2D eigenvalue weighted by Gasteiger charge is 2.17. The summed E-state index contributed by atoms with van der Waals surface area (Å²) in [6, 6.07) is 18.5. The van der Waals surface area contributed by atoms with Crippen molar-refractivity contribution in [2.45, 2.75) is 24.9 Å². The fraction of sp³-hybridized carbons (Fsp3) is 0.167. The van der Waals surface area contributed by atoms with Crippen LogP contribution in [0.2, 0.25) is 0 Å². The lowest BCUT2D eigenvalue weighted by atomic mass is 10.1. The van der Waals surface area contributed by atoms with Gasteiger partial charge >= 0.3 is 5.97 Å². The molecule has 0 spiro atoms. The summed E-state index contributed by atoms with van der Waals surface area (Å²) in [7, 11) is -1.44. The van der Waals surface area contributed by atoms with E-state index in [1.165, 1.54) is 0 Å². The maximum atomic E-state index is 13.3. The summed E-state index contributed by atoms with van der Waals surface area (Å²) in [5, 5.41) is 8.82. The van der Waals surface area contributed by atoms with E-state index in [-0.39, 0.29) is 0 Å². The Morgan fingerprint density at radius 1 is 1.10 bits per heavy atom. The smallest absolute Gasteiger partial charge is 0.341 e. The molecule has 0 bridgehead atoms. The number of pyridine rings is 1. The van der Waals surface area contributed by atoms with Crippen LogP contribution in [-0.4, -0.2) is 31.2 Å². The molecule has 0 saturated carbocycles. The average Bonchev–Trinajstić information content (AvgIpc) is 2.79. The summed E-state index contributed by atoms with van der Waals surface area (Å²) < 4.78 is 20.4. The van der Waals surface area contributed by atoms with Crippen LogP contribution < -0.4 is 4.74 Å². The van der Waals surface area contributed by atoms with Crippen molar-refractivity contribution in [2.75, 3.05) is 6.61 Å². The van der Waals surface area contributed by atoms with Gasteiger partial charge in [-0.3, -0.25) is 4.98 Å². The second kappa shape index (κ2) is 11.1. The molecule has 1 unspecified atom stereocenters. The third kappa shape index (κ3) is 6.78. The van der Waals surface area contributed by atoms with Crippen LogP contribution in [0.3, 0.4) is 0 Å². The SMILES string of the molecule is CC#Cc1ccc(CN(Cc2cccc(OCC(=O)O)c2)S(=O)c2cccnc2)cc1. The highest BCUT2D eigenvalue weighted by Crippen LogP contribution is 2.20. The maximum absolute atomic E-state index is 13.3. The maximum Gasteiger partial charge on any atom is 0.341 e. The van der Waals surface area contributed by atoms with Crippen molar-refractivity contribution in [3.05, 3.63) is 89.7 Å². The quantitative estimate of drug-likeness (QED) is 0.520. The van der Waals surface area contributed by atoms with Crippen molar-refractivity contribution < 1.29 is 18.8 Å². The van der Waals surface area contributed by atoms with E-state index in [4.69, 9.17) is 9.84 Å². The van der Waals surface area contributed by atoms with Crippen molar-refractivity contribution in [3.8, 4) is 17.6 Å². The summed E-state index contributed by atoms with van der Waals surface area (Å²) in [6.07, 6.45) is 3.23. The molecule has 0 amide bonds. The molecule has 0 radical (unpaired) electrons. The molecule has 0 aliphatic rings. The number of hydrogen-bond donors (Lipinski definition) is 1. The number of aliphatic carboxylic acids is 1. The fourth-order valence-corrected chi connectivity index (χ4v) is 4.07. The molecule has 0 fully saturated rings. The van der Waals surface area contributed by atoms with E-state index in [0.29, 0.717) is 23.7 Å². The molecule has 158 valence electrons. The van der Waals surface area contributed by atoms with Gasteiger partial charge in [0.05, 0.1) is 4.90 Å². The zero-order valence-electron chi connectivity index (χ0n) is 17.0. The van der Waals surface area contributed by atoms with Gasteiger partial charge in [-0.05, 0) is 54.4 Å². The number of ether oxygens (including phenoxy) is 1. The monoisotopic (exact) mass is 434 g/mol. The highest BCUT2D eigenvalue weighted by atomic mass is 32.2. The Balaban J connectivity index is 1.83. The zero-order valence-corrected chi connectivity index (χ0v) is 17.8. The zero-order chi connectivity index (χ0) is 22.1. The number of carboxylic acid groups (broad SMARTS) is 1. The molecule has 3 aromatic rings. The van der Waals surface area contributed by atoms with Crippen molar-refractivity contribution in [1.82, 2.24) is 9.29 Å². The van der Waals surface area contributed by atoms with Crippen LogP contribution in [-0.2, 0) is 28.9 Å².